The number of nitro benzene ring substituents is 1. The highest BCUT2D eigenvalue weighted by Gasteiger charge is 2.15. The fraction of sp³-hybridized carbons (Fsp3) is 0.167. The van der Waals surface area contributed by atoms with Gasteiger partial charge in [0.1, 0.15) is 5.75 Å². The van der Waals surface area contributed by atoms with E-state index in [-0.39, 0.29) is 11.7 Å². The highest BCUT2D eigenvalue weighted by atomic mass is 79.9. The number of benzene rings is 1. The average Bonchev–Trinajstić information content (AvgIpc) is 2.41. The van der Waals surface area contributed by atoms with Gasteiger partial charge >= 0.3 is 6.01 Å². The largest absolute Gasteiger partial charge is 0.424 e. The first-order chi connectivity index (χ1) is 9.11. The van der Waals surface area contributed by atoms with E-state index in [1.54, 1.807) is 31.5 Å². The van der Waals surface area contributed by atoms with Gasteiger partial charge in [0.05, 0.1) is 10.5 Å². The van der Waals surface area contributed by atoms with Gasteiger partial charge in [0.25, 0.3) is 5.69 Å². The van der Waals surface area contributed by atoms with Crippen LogP contribution in [0.25, 0.3) is 0 Å². The molecule has 6 nitrogen and oxygen atoms in total. The number of alkyl halides is 1. The van der Waals surface area contributed by atoms with E-state index in [0.29, 0.717) is 16.6 Å². The number of rotatable bonds is 4. The smallest absolute Gasteiger partial charge is 0.321 e. The number of nitrogens with zero attached hydrogens (tertiary/aromatic N) is 3. The first-order valence-corrected chi connectivity index (χ1v) is 6.52. The molecule has 0 fully saturated rings. The molecule has 0 atom stereocenters. The monoisotopic (exact) mass is 323 g/mol. The zero-order chi connectivity index (χ0) is 13.8. The molecule has 19 heavy (non-hydrogen) atoms. The van der Waals surface area contributed by atoms with Crippen LogP contribution >= 0.6 is 15.9 Å². The number of ether oxygens (including phenoxy) is 1. The molecule has 0 unspecified atom stereocenters. The first kappa shape index (κ1) is 13.4. The van der Waals surface area contributed by atoms with Crippen LogP contribution in [0.5, 0.6) is 11.8 Å². The van der Waals surface area contributed by atoms with Gasteiger partial charge in [0.15, 0.2) is 0 Å². The lowest BCUT2D eigenvalue weighted by Crippen LogP contribution is -1.97. The Bertz CT molecular complexity index is 602. The van der Waals surface area contributed by atoms with Gasteiger partial charge in [-0.15, -0.1) is 0 Å². The molecule has 0 radical (unpaired) electrons. The summed E-state index contributed by atoms with van der Waals surface area (Å²) in [5.41, 5.74) is 1.37. The molecule has 0 aliphatic rings. The van der Waals surface area contributed by atoms with Crippen molar-refractivity contribution < 1.29 is 9.66 Å². The van der Waals surface area contributed by atoms with Crippen LogP contribution in [-0.4, -0.2) is 14.9 Å². The van der Waals surface area contributed by atoms with Crippen LogP contribution in [0, 0.1) is 17.0 Å². The van der Waals surface area contributed by atoms with E-state index < -0.39 is 4.92 Å². The van der Waals surface area contributed by atoms with Gasteiger partial charge in [-0.1, -0.05) is 22.0 Å². The average molecular weight is 324 g/mol. The fourth-order valence-electron chi connectivity index (χ4n) is 1.47. The Hall–Kier alpha value is -2.02. The number of aromatic nitrogens is 2. The zero-order valence-corrected chi connectivity index (χ0v) is 11.6. The molecule has 0 spiro atoms. The predicted octanol–water partition coefficient (Wildman–Crippen LogP) is 3.38. The summed E-state index contributed by atoms with van der Waals surface area (Å²) < 4.78 is 5.46. The molecule has 2 rings (SSSR count). The van der Waals surface area contributed by atoms with Crippen LogP contribution in [-0.2, 0) is 5.33 Å². The van der Waals surface area contributed by atoms with Crippen molar-refractivity contribution >= 4 is 21.6 Å². The molecule has 0 aliphatic heterocycles. The van der Waals surface area contributed by atoms with Gasteiger partial charge in [0, 0.05) is 23.8 Å². The van der Waals surface area contributed by atoms with Gasteiger partial charge in [-0.25, -0.2) is 9.97 Å². The molecule has 2 aromatic rings. The lowest BCUT2D eigenvalue weighted by atomic mass is 10.2. The minimum absolute atomic E-state index is 0.00887. The van der Waals surface area contributed by atoms with Crippen LogP contribution in [0.3, 0.4) is 0 Å². The second-order valence-electron chi connectivity index (χ2n) is 3.77. The first-order valence-electron chi connectivity index (χ1n) is 5.40. The lowest BCUT2D eigenvalue weighted by Gasteiger charge is -2.07. The summed E-state index contributed by atoms with van der Waals surface area (Å²) >= 11 is 3.29. The van der Waals surface area contributed by atoms with Gasteiger partial charge < -0.3 is 4.74 Å². The minimum atomic E-state index is -0.447. The molecule has 1 aromatic heterocycles. The summed E-state index contributed by atoms with van der Waals surface area (Å²) in [5.74, 6) is 0.376. The summed E-state index contributed by atoms with van der Waals surface area (Å²) in [4.78, 5) is 18.4. The Morgan fingerprint density at radius 3 is 2.63 bits per heavy atom. The van der Waals surface area contributed by atoms with Crippen molar-refractivity contribution in [3.05, 3.63) is 51.8 Å². The Morgan fingerprint density at radius 1 is 1.37 bits per heavy atom. The molecule has 0 saturated carbocycles. The number of halogens is 1. The molecule has 1 heterocycles. The highest BCUT2D eigenvalue weighted by molar-refractivity contribution is 9.08. The third-order valence-corrected chi connectivity index (χ3v) is 3.14. The molecular weight excluding hydrogens is 314 g/mol. The lowest BCUT2D eigenvalue weighted by molar-refractivity contribution is -0.385. The maximum Gasteiger partial charge on any atom is 0.321 e. The van der Waals surface area contributed by atoms with Crippen molar-refractivity contribution in [1.82, 2.24) is 9.97 Å². The van der Waals surface area contributed by atoms with E-state index in [1.165, 1.54) is 6.07 Å². The van der Waals surface area contributed by atoms with Crippen LogP contribution < -0.4 is 4.74 Å². The third-order valence-electron chi connectivity index (χ3n) is 2.49. The van der Waals surface area contributed by atoms with Crippen molar-refractivity contribution in [3.63, 3.8) is 0 Å². The van der Waals surface area contributed by atoms with Crippen LogP contribution in [0.1, 0.15) is 11.1 Å². The van der Waals surface area contributed by atoms with E-state index in [4.69, 9.17) is 4.74 Å². The molecule has 0 bridgehead atoms. The fourth-order valence-corrected chi connectivity index (χ4v) is 1.76. The van der Waals surface area contributed by atoms with E-state index in [9.17, 15) is 10.1 Å². The van der Waals surface area contributed by atoms with Gasteiger partial charge in [0.2, 0.25) is 0 Å². The molecule has 0 N–H and O–H groups in total. The van der Waals surface area contributed by atoms with Crippen molar-refractivity contribution in [2.75, 3.05) is 0 Å². The molecular formula is C12H10BrN3O3. The summed E-state index contributed by atoms with van der Waals surface area (Å²) in [5, 5.41) is 11.5. The maximum atomic E-state index is 10.8. The second kappa shape index (κ2) is 5.75. The number of hydrogen-bond donors (Lipinski definition) is 0. The highest BCUT2D eigenvalue weighted by Crippen LogP contribution is 2.29. The van der Waals surface area contributed by atoms with Crippen LogP contribution in [0.4, 0.5) is 5.69 Å². The standard InChI is InChI=1S/C12H10BrN3O3/c1-8-10(16(17)18)3-2-4-11(8)19-12-14-6-9(5-13)7-15-12/h2-4,6-7H,5H2,1H3. The van der Waals surface area contributed by atoms with E-state index in [2.05, 4.69) is 25.9 Å². The van der Waals surface area contributed by atoms with E-state index in [0.717, 1.165) is 5.56 Å². The van der Waals surface area contributed by atoms with Crippen molar-refractivity contribution in [2.45, 2.75) is 12.3 Å². The van der Waals surface area contributed by atoms with Gasteiger partial charge in [-0.3, -0.25) is 10.1 Å². The van der Waals surface area contributed by atoms with E-state index >= 15 is 0 Å². The van der Waals surface area contributed by atoms with Gasteiger partial charge in [-0.05, 0) is 18.6 Å². The van der Waals surface area contributed by atoms with Crippen molar-refractivity contribution in [2.24, 2.45) is 0 Å². The predicted molar refractivity (Wildman–Crippen MR) is 72.6 cm³/mol. The van der Waals surface area contributed by atoms with Gasteiger partial charge in [-0.2, -0.15) is 0 Å². The summed E-state index contributed by atoms with van der Waals surface area (Å²) in [7, 11) is 0. The quantitative estimate of drug-likeness (QED) is 0.489. The number of nitro groups is 1. The summed E-state index contributed by atoms with van der Waals surface area (Å²) in [6.07, 6.45) is 3.26. The Morgan fingerprint density at radius 2 is 2.05 bits per heavy atom. The summed E-state index contributed by atoms with van der Waals surface area (Å²) in [6.45, 7) is 1.63. The third kappa shape index (κ3) is 3.05. The Labute approximate surface area is 117 Å². The maximum absolute atomic E-state index is 10.8. The molecule has 0 saturated heterocycles. The van der Waals surface area contributed by atoms with Crippen molar-refractivity contribution in [1.29, 1.82) is 0 Å². The Kier molecular flexibility index (Phi) is 4.06. The molecule has 1 aromatic carbocycles. The molecule has 0 aliphatic carbocycles. The summed E-state index contributed by atoms with van der Waals surface area (Å²) in [6, 6.07) is 4.79. The molecule has 7 heteroatoms. The molecule has 98 valence electrons. The van der Waals surface area contributed by atoms with Crippen molar-refractivity contribution in [3.8, 4) is 11.8 Å². The topological polar surface area (TPSA) is 78.2 Å². The SMILES string of the molecule is Cc1c(Oc2ncc(CBr)cn2)cccc1[N+](=O)[O-]. The van der Waals surface area contributed by atoms with E-state index in [1.807, 2.05) is 0 Å². The van der Waals surface area contributed by atoms with Crippen LogP contribution in [0.15, 0.2) is 30.6 Å². The Balaban J connectivity index is 2.27. The zero-order valence-electron chi connectivity index (χ0n) is 10.0. The number of hydrogen-bond acceptors (Lipinski definition) is 5. The minimum Gasteiger partial charge on any atom is -0.424 e. The normalized spacial score (nSPS) is 10.2. The molecule has 0 amide bonds. The van der Waals surface area contributed by atoms with Crippen LogP contribution in [0.2, 0.25) is 0 Å². The second-order valence-corrected chi connectivity index (χ2v) is 4.33.